The summed E-state index contributed by atoms with van der Waals surface area (Å²) in [5, 5.41) is 0. The summed E-state index contributed by atoms with van der Waals surface area (Å²) in [4.78, 5) is 26.2. The standard InChI is InChI=1S/C16H16O4/c17-11-7-3-1-4(14-13(3)19-14)8(7)12(18)10-6-2-5(9(10)11)15-16(6)20-15/h3-10,13-16H,1-2H2/t3-,4-,5-,6+,7-,8+,9-,10+,13+,14+,15+,16+/m0/s1. The second kappa shape index (κ2) is 2.66. The lowest BCUT2D eigenvalue weighted by molar-refractivity contribution is -0.150. The molecule has 2 saturated heterocycles. The van der Waals surface area contributed by atoms with Crippen LogP contribution in [-0.2, 0) is 19.1 Å². The van der Waals surface area contributed by atoms with Crippen molar-refractivity contribution in [3.63, 3.8) is 0 Å². The molecule has 5 aliphatic carbocycles. The molecule has 4 heteroatoms. The molecule has 0 aromatic heterocycles. The van der Waals surface area contributed by atoms with E-state index < -0.39 is 0 Å². The third kappa shape index (κ3) is 0.806. The molecule has 12 atom stereocenters. The molecule has 0 aromatic rings. The third-order valence-corrected chi connectivity index (χ3v) is 7.83. The molecular formula is C16H16O4. The lowest BCUT2D eigenvalue weighted by Gasteiger charge is -2.41. The predicted octanol–water partition coefficient (Wildman–Crippen LogP) is 0.437. The van der Waals surface area contributed by atoms with E-state index in [-0.39, 0.29) is 23.7 Å². The van der Waals surface area contributed by atoms with Crippen LogP contribution in [0.4, 0.5) is 0 Å². The molecule has 5 saturated carbocycles. The van der Waals surface area contributed by atoms with Crippen molar-refractivity contribution in [3.8, 4) is 0 Å². The fourth-order valence-corrected chi connectivity index (χ4v) is 7.28. The van der Waals surface area contributed by atoms with Gasteiger partial charge in [-0.1, -0.05) is 0 Å². The number of ether oxygens (including phenoxy) is 2. The summed E-state index contributed by atoms with van der Waals surface area (Å²) in [6.45, 7) is 0. The van der Waals surface area contributed by atoms with Gasteiger partial charge in [0.15, 0.2) is 0 Å². The third-order valence-electron chi connectivity index (χ3n) is 7.83. The van der Waals surface area contributed by atoms with Crippen LogP contribution < -0.4 is 0 Å². The van der Waals surface area contributed by atoms with Gasteiger partial charge < -0.3 is 9.47 Å². The monoisotopic (exact) mass is 272 g/mol. The molecule has 0 N–H and O–H groups in total. The van der Waals surface area contributed by atoms with Crippen LogP contribution in [0.5, 0.6) is 0 Å². The first-order chi connectivity index (χ1) is 9.75. The highest BCUT2D eigenvalue weighted by Crippen LogP contribution is 2.70. The Morgan fingerprint density at radius 1 is 0.600 bits per heavy atom. The van der Waals surface area contributed by atoms with Crippen LogP contribution >= 0.6 is 0 Å². The predicted molar refractivity (Wildman–Crippen MR) is 64.5 cm³/mol. The Morgan fingerprint density at radius 2 is 0.900 bits per heavy atom. The molecular weight excluding hydrogens is 256 g/mol. The molecule has 2 aliphatic heterocycles. The maximum absolute atomic E-state index is 13.1. The summed E-state index contributed by atoms with van der Waals surface area (Å²) in [6.07, 6.45) is 3.41. The summed E-state index contributed by atoms with van der Waals surface area (Å²) in [5.74, 6) is 2.32. The molecule has 7 aliphatic rings. The number of hydrogen-bond acceptors (Lipinski definition) is 4. The minimum absolute atomic E-state index is 0.00838. The Bertz CT molecular complexity index is 503. The molecule has 4 bridgehead atoms. The average Bonchev–Trinajstić information content (AvgIpc) is 3.29. The van der Waals surface area contributed by atoms with E-state index in [0.717, 1.165) is 12.8 Å². The van der Waals surface area contributed by atoms with Crippen molar-refractivity contribution in [2.24, 2.45) is 47.3 Å². The van der Waals surface area contributed by atoms with Crippen molar-refractivity contribution < 1.29 is 19.1 Å². The zero-order valence-corrected chi connectivity index (χ0v) is 11.0. The number of ketones is 2. The number of Topliss-reactive ketones (excluding diaryl/α,β-unsaturated/α-hetero) is 2. The van der Waals surface area contributed by atoms with Gasteiger partial charge in [0.25, 0.3) is 0 Å². The normalized spacial score (nSPS) is 73.4. The quantitative estimate of drug-likeness (QED) is 0.600. The Labute approximate surface area is 116 Å². The molecule has 2 heterocycles. The Balaban J connectivity index is 1.39. The lowest BCUT2D eigenvalue weighted by atomic mass is 9.58. The summed E-state index contributed by atoms with van der Waals surface area (Å²) < 4.78 is 11.4. The Hall–Kier alpha value is -0.740. The van der Waals surface area contributed by atoms with Crippen molar-refractivity contribution in [2.75, 3.05) is 0 Å². The van der Waals surface area contributed by atoms with Crippen molar-refractivity contribution >= 4 is 11.6 Å². The Kier molecular flexibility index (Phi) is 1.34. The van der Waals surface area contributed by atoms with E-state index in [1.165, 1.54) is 0 Å². The zero-order chi connectivity index (χ0) is 12.9. The largest absolute Gasteiger partial charge is 0.369 e. The van der Waals surface area contributed by atoms with Crippen LogP contribution in [-0.4, -0.2) is 36.0 Å². The first-order valence-electron chi connectivity index (χ1n) is 8.14. The zero-order valence-electron chi connectivity index (χ0n) is 11.0. The molecule has 0 spiro atoms. The van der Waals surface area contributed by atoms with E-state index in [9.17, 15) is 9.59 Å². The van der Waals surface area contributed by atoms with Crippen molar-refractivity contribution in [3.05, 3.63) is 0 Å². The number of epoxide rings is 2. The number of hydrogen-bond donors (Lipinski definition) is 0. The van der Waals surface area contributed by atoms with E-state index in [4.69, 9.17) is 9.47 Å². The van der Waals surface area contributed by atoms with Crippen molar-refractivity contribution in [1.82, 2.24) is 0 Å². The molecule has 7 rings (SSSR count). The highest BCUT2D eigenvalue weighted by molar-refractivity contribution is 6.02. The van der Waals surface area contributed by atoms with Gasteiger partial charge in [0.05, 0.1) is 24.4 Å². The summed E-state index contributed by atoms with van der Waals surface area (Å²) in [5.41, 5.74) is 0. The Morgan fingerprint density at radius 3 is 1.20 bits per heavy atom. The van der Waals surface area contributed by atoms with E-state index in [1.54, 1.807) is 0 Å². The topological polar surface area (TPSA) is 59.2 Å². The van der Waals surface area contributed by atoms with Crippen LogP contribution in [0.1, 0.15) is 12.8 Å². The van der Waals surface area contributed by atoms with Crippen molar-refractivity contribution in [2.45, 2.75) is 37.3 Å². The number of rotatable bonds is 0. The molecule has 0 unspecified atom stereocenters. The van der Waals surface area contributed by atoms with Gasteiger partial charge in [0.2, 0.25) is 0 Å². The van der Waals surface area contributed by atoms with Crippen LogP contribution in [0.3, 0.4) is 0 Å². The molecule has 4 nitrogen and oxygen atoms in total. The first-order valence-corrected chi connectivity index (χ1v) is 8.14. The van der Waals surface area contributed by atoms with Gasteiger partial charge >= 0.3 is 0 Å². The highest BCUT2D eigenvalue weighted by atomic mass is 16.6. The SMILES string of the molecule is O=C1[C@@H]2[C@@H]3C[C@H]([C@H]4O[C@H]34)[C@@H]2C(=O)[C@H]2[C@@H]3C[C@@H]([C@H]4O[C@H]34)[C@@H]12. The minimum atomic E-state index is 0.00838. The van der Waals surface area contributed by atoms with Crippen molar-refractivity contribution in [1.29, 1.82) is 0 Å². The fraction of sp³-hybridized carbons (Fsp3) is 0.875. The van der Waals surface area contributed by atoms with Gasteiger partial charge in [-0.05, 0) is 36.5 Å². The van der Waals surface area contributed by atoms with E-state index in [2.05, 4.69) is 0 Å². The van der Waals surface area contributed by atoms with Crippen LogP contribution in [0.2, 0.25) is 0 Å². The lowest BCUT2D eigenvalue weighted by Crippen LogP contribution is -2.53. The van der Waals surface area contributed by atoms with E-state index in [0.29, 0.717) is 59.7 Å². The smallest absolute Gasteiger partial charge is 0.141 e. The van der Waals surface area contributed by atoms with Crippen LogP contribution in [0.15, 0.2) is 0 Å². The van der Waals surface area contributed by atoms with E-state index in [1.807, 2.05) is 0 Å². The second-order valence-electron chi connectivity index (χ2n) is 8.17. The molecule has 7 fully saturated rings. The summed E-state index contributed by atoms with van der Waals surface area (Å²) in [6, 6.07) is 0. The molecule has 0 amide bonds. The van der Waals surface area contributed by atoms with Crippen LogP contribution in [0, 0.1) is 47.3 Å². The van der Waals surface area contributed by atoms with Gasteiger partial charge in [-0.2, -0.15) is 0 Å². The van der Waals surface area contributed by atoms with E-state index >= 15 is 0 Å². The summed E-state index contributed by atoms with van der Waals surface area (Å²) in [7, 11) is 0. The number of carbonyl (C=O) groups is 2. The second-order valence-corrected chi connectivity index (χ2v) is 8.17. The fourth-order valence-electron chi connectivity index (χ4n) is 7.28. The van der Waals surface area contributed by atoms with Gasteiger partial charge in [-0.25, -0.2) is 0 Å². The van der Waals surface area contributed by atoms with Gasteiger partial charge in [-0.3, -0.25) is 9.59 Å². The first kappa shape index (κ1) is 10.1. The number of carbonyl (C=O) groups excluding carboxylic acids is 2. The average molecular weight is 272 g/mol. The van der Waals surface area contributed by atoms with Crippen LogP contribution in [0.25, 0.3) is 0 Å². The maximum Gasteiger partial charge on any atom is 0.141 e. The molecule has 0 aromatic carbocycles. The maximum atomic E-state index is 13.1. The van der Waals surface area contributed by atoms with Gasteiger partial charge in [0, 0.05) is 23.7 Å². The highest BCUT2D eigenvalue weighted by Gasteiger charge is 2.78. The van der Waals surface area contributed by atoms with Gasteiger partial charge in [0.1, 0.15) is 11.6 Å². The molecule has 0 radical (unpaired) electrons. The molecule has 20 heavy (non-hydrogen) atoms. The number of fused-ring (bicyclic) bond motifs is 16. The van der Waals surface area contributed by atoms with Gasteiger partial charge in [-0.15, -0.1) is 0 Å². The molecule has 104 valence electrons. The summed E-state index contributed by atoms with van der Waals surface area (Å²) >= 11 is 0. The minimum Gasteiger partial charge on any atom is -0.369 e.